The molecule has 0 aliphatic carbocycles. The minimum Gasteiger partial charge on any atom is -0.381 e. The van der Waals surface area contributed by atoms with E-state index in [1.165, 1.54) is 11.1 Å². The molecule has 0 spiro atoms. The lowest BCUT2D eigenvalue weighted by molar-refractivity contribution is 0.110. The number of aryl methyl sites for hydroxylation is 1. The van der Waals surface area contributed by atoms with Crippen LogP contribution >= 0.6 is 0 Å². The van der Waals surface area contributed by atoms with Crippen molar-refractivity contribution in [3.05, 3.63) is 35.4 Å². The maximum Gasteiger partial charge on any atom is 0.0469 e. The number of hydrogen-bond donors (Lipinski definition) is 1. The fourth-order valence-corrected chi connectivity index (χ4v) is 2.35. The molecule has 1 atom stereocenters. The van der Waals surface area contributed by atoms with Crippen LogP contribution in [0.5, 0.6) is 0 Å². The summed E-state index contributed by atoms with van der Waals surface area (Å²) in [5, 5.41) is 3.48. The van der Waals surface area contributed by atoms with Crippen LogP contribution < -0.4 is 5.32 Å². The van der Waals surface area contributed by atoms with Crippen molar-refractivity contribution in [2.75, 3.05) is 26.3 Å². The maximum atomic E-state index is 5.78. The molecule has 0 radical (unpaired) electrons. The van der Waals surface area contributed by atoms with E-state index >= 15 is 0 Å². The first kappa shape index (κ1) is 18.2. The largest absolute Gasteiger partial charge is 0.381 e. The number of hydrogen-bond acceptors (Lipinski definition) is 2. The van der Waals surface area contributed by atoms with E-state index in [2.05, 4.69) is 57.3 Å². The minimum absolute atomic E-state index is 0.659. The highest BCUT2D eigenvalue weighted by Gasteiger charge is 2.09. The Kier molecular flexibility index (Phi) is 9.36. The molecule has 1 rings (SSSR count). The fourth-order valence-electron chi connectivity index (χ4n) is 2.35. The van der Waals surface area contributed by atoms with Crippen LogP contribution in [0, 0.1) is 18.8 Å². The summed E-state index contributed by atoms with van der Waals surface area (Å²) in [4.78, 5) is 0. The highest BCUT2D eigenvalue weighted by atomic mass is 16.5. The second-order valence-electron chi connectivity index (χ2n) is 6.45. The third kappa shape index (κ3) is 8.90. The molecule has 0 aliphatic heterocycles. The molecule has 0 heterocycles. The monoisotopic (exact) mass is 291 g/mol. The Morgan fingerprint density at radius 1 is 1.05 bits per heavy atom. The van der Waals surface area contributed by atoms with Crippen molar-refractivity contribution < 1.29 is 4.74 Å². The molecule has 1 aromatic carbocycles. The molecule has 21 heavy (non-hydrogen) atoms. The molecule has 2 nitrogen and oxygen atoms in total. The molecule has 1 N–H and O–H groups in total. The Labute approximate surface area is 131 Å². The predicted octanol–water partition coefficient (Wildman–Crippen LogP) is 4.22. The Bertz CT molecular complexity index is 358. The molecular weight excluding hydrogens is 258 g/mol. The van der Waals surface area contributed by atoms with Gasteiger partial charge < -0.3 is 10.1 Å². The van der Waals surface area contributed by atoms with E-state index in [0.717, 1.165) is 51.5 Å². The van der Waals surface area contributed by atoms with Crippen LogP contribution in [-0.2, 0) is 11.2 Å². The van der Waals surface area contributed by atoms with E-state index in [9.17, 15) is 0 Å². The van der Waals surface area contributed by atoms with Crippen LogP contribution in [0.15, 0.2) is 24.3 Å². The minimum atomic E-state index is 0.659. The van der Waals surface area contributed by atoms with Crippen molar-refractivity contribution in [1.82, 2.24) is 5.32 Å². The van der Waals surface area contributed by atoms with E-state index in [-0.39, 0.29) is 0 Å². The molecular formula is C19H33NO. The lowest BCUT2D eigenvalue weighted by Gasteiger charge is -2.18. The van der Waals surface area contributed by atoms with Gasteiger partial charge >= 0.3 is 0 Å². The summed E-state index contributed by atoms with van der Waals surface area (Å²) in [5.41, 5.74) is 2.77. The van der Waals surface area contributed by atoms with Gasteiger partial charge in [0.25, 0.3) is 0 Å². The van der Waals surface area contributed by atoms with E-state index in [0.29, 0.717) is 5.92 Å². The Hall–Kier alpha value is -0.860. The second kappa shape index (κ2) is 10.8. The lowest BCUT2D eigenvalue weighted by Crippen LogP contribution is -2.25. The van der Waals surface area contributed by atoms with E-state index in [1.54, 1.807) is 0 Å². The first-order valence-corrected chi connectivity index (χ1v) is 8.45. The third-order valence-electron chi connectivity index (χ3n) is 3.84. The molecule has 0 saturated heterocycles. The molecule has 0 fully saturated rings. The maximum absolute atomic E-state index is 5.78. The highest BCUT2D eigenvalue weighted by Crippen LogP contribution is 2.13. The van der Waals surface area contributed by atoms with Crippen molar-refractivity contribution >= 4 is 0 Å². The summed E-state index contributed by atoms with van der Waals surface area (Å²) < 4.78 is 5.78. The van der Waals surface area contributed by atoms with Crippen molar-refractivity contribution in [2.45, 2.75) is 47.0 Å². The first-order valence-electron chi connectivity index (χ1n) is 8.45. The molecule has 120 valence electrons. The molecule has 0 saturated carbocycles. The van der Waals surface area contributed by atoms with Gasteiger partial charge in [0.05, 0.1) is 0 Å². The SMILES string of the molecule is CCNCC(CCOCCC(C)C)Cc1ccc(C)cc1. The number of ether oxygens (including phenoxy) is 1. The van der Waals surface area contributed by atoms with Crippen LogP contribution in [0.3, 0.4) is 0 Å². The van der Waals surface area contributed by atoms with Gasteiger partial charge in [-0.25, -0.2) is 0 Å². The molecule has 0 amide bonds. The fraction of sp³-hybridized carbons (Fsp3) is 0.684. The van der Waals surface area contributed by atoms with Gasteiger partial charge in [-0.05, 0) is 56.7 Å². The van der Waals surface area contributed by atoms with Crippen molar-refractivity contribution in [1.29, 1.82) is 0 Å². The van der Waals surface area contributed by atoms with Gasteiger partial charge in [0.2, 0.25) is 0 Å². The van der Waals surface area contributed by atoms with E-state index in [1.807, 2.05) is 0 Å². The number of nitrogens with one attached hydrogen (secondary N) is 1. The summed E-state index contributed by atoms with van der Waals surface area (Å²) in [6, 6.07) is 8.93. The molecule has 1 aromatic rings. The normalized spacial score (nSPS) is 12.8. The average Bonchev–Trinajstić information content (AvgIpc) is 2.46. The molecule has 0 bridgehead atoms. The van der Waals surface area contributed by atoms with Gasteiger partial charge in [0.1, 0.15) is 0 Å². The summed E-state index contributed by atoms with van der Waals surface area (Å²) in [6.45, 7) is 12.7. The van der Waals surface area contributed by atoms with Crippen molar-refractivity contribution in [3.8, 4) is 0 Å². The average molecular weight is 291 g/mol. The van der Waals surface area contributed by atoms with Gasteiger partial charge in [-0.15, -0.1) is 0 Å². The Morgan fingerprint density at radius 2 is 1.71 bits per heavy atom. The first-order chi connectivity index (χ1) is 10.1. The van der Waals surface area contributed by atoms with Gasteiger partial charge in [-0.2, -0.15) is 0 Å². The summed E-state index contributed by atoms with van der Waals surface area (Å²) in [5.74, 6) is 1.39. The summed E-state index contributed by atoms with van der Waals surface area (Å²) >= 11 is 0. The number of rotatable bonds is 11. The van der Waals surface area contributed by atoms with Gasteiger partial charge in [-0.1, -0.05) is 50.6 Å². The predicted molar refractivity (Wildman–Crippen MR) is 91.8 cm³/mol. The van der Waals surface area contributed by atoms with Crippen LogP contribution in [0.25, 0.3) is 0 Å². The Morgan fingerprint density at radius 3 is 2.33 bits per heavy atom. The quantitative estimate of drug-likeness (QED) is 0.616. The van der Waals surface area contributed by atoms with Crippen molar-refractivity contribution in [3.63, 3.8) is 0 Å². The molecule has 0 aliphatic rings. The zero-order valence-corrected chi connectivity index (χ0v) is 14.3. The standard InChI is InChI=1S/C19H33NO/c1-5-20-15-19(11-13-21-12-10-16(2)3)14-18-8-6-17(4)7-9-18/h6-9,16,19-20H,5,10-15H2,1-4H3. The number of benzene rings is 1. The van der Waals surface area contributed by atoms with Gasteiger partial charge in [-0.3, -0.25) is 0 Å². The van der Waals surface area contributed by atoms with Crippen LogP contribution in [0.4, 0.5) is 0 Å². The third-order valence-corrected chi connectivity index (χ3v) is 3.84. The Balaban J connectivity index is 2.34. The lowest BCUT2D eigenvalue weighted by atomic mass is 9.96. The molecule has 1 unspecified atom stereocenters. The van der Waals surface area contributed by atoms with Crippen molar-refractivity contribution in [2.24, 2.45) is 11.8 Å². The zero-order chi connectivity index (χ0) is 15.5. The van der Waals surface area contributed by atoms with Gasteiger partial charge in [0.15, 0.2) is 0 Å². The van der Waals surface area contributed by atoms with Crippen LogP contribution in [0.2, 0.25) is 0 Å². The van der Waals surface area contributed by atoms with Gasteiger partial charge in [0, 0.05) is 13.2 Å². The summed E-state index contributed by atoms with van der Waals surface area (Å²) in [7, 11) is 0. The van der Waals surface area contributed by atoms with Crippen LogP contribution in [0.1, 0.15) is 44.7 Å². The topological polar surface area (TPSA) is 21.3 Å². The van der Waals surface area contributed by atoms with E-state index in [4.69, 9.17) is 4.74 Å². The molecule has 2 heteroatoms. The highest BCUT2D eigenvalue weighted by molar-refractivity contribution is 5.21. The summed E-state index contributed by atoms with van der Waals surface area (Å²) in [6.07, 6.45) is 3.44. The smallest absolute Gasteiger partial charge is 0.0469 e. The zero-order valence-electron chi connectivity index (χ0n) is 14.3. The second-order valence-corrected chi connectivity index (χ2v) is 6.45. The molecule has 0 aromatic heterocycles. The van der Waals surface area contributed by atoms with Crippen LogP contribution in [-0.4, -0.2) is 26.3 Å². The van der Waals surface area contributed by atoms with E-state index < -0.39 is 0 Å².